The zero-order valence-corrected chi connectivity index (χ0v) is 13.3. The van der Waals surface area contributed by atoms with Gasteiger partial charge in [-0.2, -0.15) is 0 Å². The van der Waals surface area contributed by atoms with Crippen LogP contribution in [0.25, 0.3) is 0 Å². The van der Waals surface area contributed by atoms with Gasteiger partial charge in [-0.1, -0.05) is 22.0 Å². The standard InChI is InChI=1S/C15H20BrN3O/c1-11-13(3-2-4-14(11)16)15(20)19-9-12(10-19)18-7-5-17-6-8-18/h2-4,12,17H,5-10H2,1H3. The van der Waals surface area contributed by atoms with Gasteiger partial charge in [-0.3, -0.25) is 9.69 Å². The number of halogens is 1. The Hall–Kier alpha value is -0.910. The van der Waals surface area contributed by atoms with Crippen molar-refractivity contribution in [2.24, 2.45) is 0 Å². The van der Waals surface area contributed by atoms with Crippen LogP contribution < -0.4 is 5.32 Å². The molecule has 0 bridgehead atoms. The van der Waals surface area contributed by atoms with Crippen molar-refractivity contribution in [2.45, 2.75) is 13.0 Å². The minimum atomic E-state index is 0.162. The Morgan fingerprint density at radius 1 is 1.30 bits per heavy atom. The zero-order valence-electron chi connectivity index (χ0n) is 11.7. The van der Waals surface area contributed by atoms with Gasteiger partial charge in [0, 0.05) is 55.3 Å². The number of carbonyl (C=O) groups excluding carboxylic acids is 1. The summed E-state index contributed by atoms with van der Waals surface area (Å²) < 4.78 is 1.00. The molecule has 0 radical (unpaired) electrons. The van der Waals surface area contributed by atoms with E-state index in [1.54, 1.807) is 0 Å². The van der Waals surface area contributed by atoms with Crippen LogP contribution in [0.3, 0.4) is 0 Å². The summed E-state index contributed by atoms with van der Waals surface area (Å²) in [6, 6.07) is 6.37. The highest BCUT2D eigenvalue weighted by Gasteiger charge is 2.35. The lowest BCUT2D eigenvalue weighted by atomic mass is 10.0. The summed E-state index contributed by atoms with van der Waals surface area (Å²) in [5.41, 5.74) is 1.85. The summed E-state index contributed by atoms with van der Waals surface area (Å²) in [6.45, 7) is 8.05. The first-order valence-corrected chi connectivity index (χ1v) is 7.95. The second kappa shape index (κ2) is 5.84. The summed E-state index contributed by atoms with van der Waals surface area (Å²) >= 11 is 3.49. The van der Waals surface area contributed by atoms with E-state index in [0.29, 0.717) is 6.04 Å². The molecule has 0 unspecified atom stereocenters. The van der Waals surface area contributed by atoms with Crippen molar-refractivity contribution in [1.29, 1.82) is 0 Å². The first-order chi connectivity index (χ1) is 9.66. The number of carbonyl (C=O) groups is 1. The highest BCUT2D eigenvalue weighted by molar-refractivity contribution is 9.10. The highest BCUT2D eigenvalue weighted by Crippen LogP contribution is 2.24. The third kappa shape index (κ3) is 2.62. The van der Waals surface area contributed by atoms with Crippen LogP contribution in [0, 0.1) is 6.92 Å². The van der Waals surface area contributed by atoms with Gasteiger partial charge >= 0.3 is 0 Å². The molecule has 0 saturated carbocycles. The molecule has 0 aliphatic carbocycles. The van der Waals surface area contributed by atoms with E-state index in [0.717, 1.165) is 54.9 Å². The molecule has 2 fully saturated rings. The lowest BCUT2D eigenvalue weighted by Crippen LogP contribution is -2.63. The van der Waals surface area contributed by atoms with Crippen molar-refractivity contribution in [3.63, 3.8) is 0 Å². The zero-order chi connectivity index (χ0) is 14.1. The number of hydrogen-bond donors (Lipinski definition) is 1. The summed E-state index contributed by atoms with van der Waals surface area (Å²) in [6.07, 6.45) is 0. The van der Waals surface area contributed by atoms with Gasteiger partial charge in [0.1, 0.15) is 0 Å². The van der Waals surface area contributed by atoms with Crippen LogP contribution in [0.4, 0.5) is 0 Å². The maximum atomic E-state index is 12.5. The van der Waals surface area contributed by atoms with Gasteiger partial charge in [-0.05, 0) is 24.6 Å². The van der Waals surface area contributed by atoms with Gasteiger partial charge in [0.05, 0.1) is 0 Å². The monoisotopic (exact) mass is 337 g/mol. The number of likely N-dealkylation sites (tertiary alicyclic amines) is 1. The first-order valence-electron chi connectivity index (χ1n) is 7.16. The molecule has 1 amide bonds. The van der Waals surface area contributed by atoms with E-state index in [9.17, 15) is 4.79 Å². The average Bonchev–Trinajstić information content (AvgIpc) is 2.41. The van der Waals surface area contributed by atoms with Crippen LogP contribution in [0.2, 0.25) is 0 Å². The fourth-order valence-electron chi connectivity index (χ4n) is 2.91. The molecule has 2 saturated heterocycles. The fourth-order valence-corrected chi connectivity index (χ4v) is 3.28. The highest BCUT2D eigenvalue weighted by atomic mass is 79.9. The van der Waals surface area contributed by atoms with Gasteiger partial charge in [0.25, 0.3) is 5.91 Å². The SMILES string of the molecule is Cc1c(Br)cccc1C(=O)N1CC(N2CCNCC2)C1. The van der Waals surface area contributed by atoms with E-state index >= 15 is 0 Å². The first kappa shape index (κ1) is 14.0. The predicted octanol–water partition coefficient (Wildman–Crippen LogP) is 1.49. The Labute approximate surface area is 128 Å². The minimum Gasteiger partial charge on any atom is -0.335 e. The van der Waals surface area contributed by atoms with Gasteiger partial charge < -0.3 is 10.2 Å². The molecule has 0 aromatic heterocycles. The molecule has 108 valence electrons. The smallest absolute Gasteiger partial charge is 0.254 e. The molecule has 0 spiro atoms. The van der Waals surface area contributed by atoms with Crippen LogP contribution in [0.1, 0.15) is 15.9 Å². The number of nitrogens with one attached hydrogen (secondary N) is 1. The molecule has 2 heterocycles. The lowest BCUT2D eigenvalue weighted by Gasteiger charge is -2.46. The molecule has 20 heavy (non-hydrogen) atoms. The summed E-state index contributed by atoms with van der Waals surface area (Å²) in [4.78, 5) is 17.0. The summed E-state index contributed by atoms with van der Waals surface area (Å²) in [5, 5.41) is 3.36. The number of rotatable bonds is 2. The largest absolute Gasteiger partial charge is 0.335 e. The van der Waals surface area contributed by atoms with Gasteiger partial charge in [0.15, 0.2) is 0 Å². The van der Waals surface area contributed by atoms with Crippen molar-refractivity contribution in [1.82, 2.24) is 15.1 Å². The van der Waals surface area contributed by atoms with E-state index in [2.05, 4.69) is 26.1 Å². The Bertz CT molecular complexity index is 508. The average molecular weight is 338 g/mol. The molecular weight excluding hydrogens is 318 g/mol. The number of nitrogens with zero attached hydrogens (tertiary/aromatic N) is 2. The Morgan fingerprint density at radius 3 is 2.70 bits per heavy atom. The van der Waals surface area contributed by atoms with Crippen molar-refractivity contribution < 1.29 is 4.79 Å². The molecular formula is C15H20BrN3O. The Balaban J connectivity index is 1.61. The Morgan fingerprint density at radius 2 is 2.00 bits per heavy atom. The number of benzene rings is 1. The fraction of sp³-hybridized carbons (Fsp3) is 0.533. The molecule has 5 heteroatoms. The van der Waals surface area contributed by atoms with E-state index in [1.807, 2.05) is 30.0 Å². The maximum Gasteiger partial charge on any atom is 0.254 e. The third-order valence-electron chi connectivity index (χ3n) is 4.32. The quantitative estimate of drug-likeness (QED) is 0.888. The Kier molecular flexibility index (Phi) is 4.10. The summed E-state index contributed by atoms with van der Waals surface area (Å²) in [5.74, 6) is 0.162. The van der Waals surface area contributed by atoms with Crippen molar-refractivity contribution >= 4 is 21.8 Å². The second-order valence-corrected chi connectivity index (χ2v) is 6.42. The van der Waals surface area contributed by atoms with Crippen LogP contribution in [0.5, 0.6) is 0 Å². The van der Waals surface area contributed by atoms with Crippen LogP contribution in [0.15, 0.2) is 22.7 Å². The topological polar surface area (TPSA) is 35.6 Å². The van der Waals surface area contributed by atoms with Crippen LogP contribution >= 0.6 is 15.9 Å². The number of piperazine rings is 1. The van der Waals surface area contributed by atoms with Gasteiger partial charge in [-0.15, -0.1) is 0 Å². The minimum absolute atomic E-state index is 0.162. The van der Waals surface area contributed by atoms with Crippen molar-refractivity contribution in [3.8, 4) is 0 Å². The van der Waals surface area contributed by atoms with E-state index in [1.165, 1.54) is 0 Å². The molecule has 4 nitrogen and oxygen atoms in total. The summed E-state index contributed by atoms with van der Waals surface area (Å²) in [7, 11) is 0. The normalized spacial score (nSPS) is 20.8. The van der Waals surface area contributed by atoms with Crippen LogP contribution in [-0.4, -0.2) is 61.0 Å². The molecule has 1 aromatic carbocycles. The molecule has 1 aromatic rings. The third-order valence-corrected chi connectivity index (χ3v) is 5.17. The van der Waals surface area contributed by atoms with Gasteiger partial charge in [0.2, 0.25) is 0 Å². The maximum absolute atomic E-state index is 12.5. The lowest BCUT2D eigenvalue weighted by molar-refractivity contribution is 0.0226. The van der Waals surface area contributed by atoms with E-state index in [-0.39, 0.29) is 5.91 Å². The van der Waals surface area contributed by atoms with Crippen LogP contribution in [-0.2, 0) is 0 Å². The molecule has 1 N–H and O–H groups in total. The molecule has 2 aliphatic heterocycles. The van der Waals surface area contributed by atoms with E-state index < -0.39 is 0 Å². The number of amides is 1. The van der Waals surface area contributed by atoms with Gasteiger partial charge in [-0.25, -0.2) is 0 Å². The number of hydrogen-bond acceptors (Lipinski definition) is 3. The van der Waals surface area contributed by atoms with E-state index in [4.69, 9.17) is 0 Å². The molecule has 3 rings (SSSR count). The van der Waals surface area contributed by atoms with Crippen molar-refractivity contribution in [2.75, 3.05) is 39.3 Å². The molecule has 2 aliphatic rings. The van der Waals surface area contributed by atoms with Crippen molar-refractivity contribution in [3.05, 3.63) is 33.8 Å². The predicted molar refractivity (Wildman–Crippen MR) is 83.0 cm³/mol. The molecule has 0 atom stereocenters. The second-order valence-electron chi connectivity index (χ2n) is 5.56.